The van der Waals surface area contributed by atoms with Crippen LogP contribution in [-0.4, -0.2) is 30.0 Å². The van der Waals surface area contributed by atoms with Crippen LogP contribution in [-0.2, 0) is 17.8 Å². The van der Waals surface area contributed by atoms with Crippen LogP contribution in [0.4, 0.5) is 14.5 Å². The van der Waals surface area contributed by atoms with E-state index in [1.165, 1.54) is 5.56 Å². The van der Waals surface area contributed by atoms with Crippen molar-refractivity contribution < 1.29 is 18.3 Å². The third-order valence-corrected chi connectivity index (χ3v) is 6.25. The summed E-state index contributed by atoms with van der Waals surface area (Å²) in [6, 6.07) is 14.9. The minimum atomic E-state index is -3.22. The topological polar surface area (TPSA) is 41.6 Å². The number of rotatable bonds is 8. The number of alkyl halides is 2. The van der Waals surface area contributed by atoms with Gasteiger partial charge in [0.1, 0.15) is 5.75 Å². The Morgan fingerprint density at radius 1 is 1.10 bits per heavy atom. The maximum absolute atomic E-state index is 13.3. The molecule has 1 saturated heterocycles. The molecule has 3 rings (SSSR count). The summed E-state index contributed by atoms with van der Waals surface area (Å²) in [6.45, 7) is 6.88. The Kier molecular flexibility index (Phi) is 7.31. The Morgan fingerprint density at radius 2 is 1.74 bits per heavy atom. The Hall–Kier alpha value is -2.47. The monoisotopic (exact) mass is 430 g/mol. The fourth-order valence-corrected chi connectivity index (χ4v) is 4.14. The lowest BCUT2D eigenvalue weighted by Crippen LogP contribution is -2.46. The zero-order chi connectivity index (χ0) is 22.5. The van der Waals surface area contributed by atoms with Crippen molar-refractivity contribution in [3.8, 4) is 5.75 Å². The molecule has 0 bridgehead atoms. The Labute approximate surface area is 183 Å². The number of nitrogens with one attached hydrogen (secondary N) is 1. The summed E-state index contributed by atoms with van der Waals surface area (Å²) in [5.74, 6) is 0.267. The minimum Gasteiger partial charge on any atom is -0.432 e. The maximum Gasteiger partial charge on any atom is 0.394 e. The molecule has 0 radical (unpaired) electrons. The lowest BCUT2D eigenvalue weighted by Gasteiger charge is -2.40. The van der Waals surface area contributed by atoms with Crippen LogP contribution in [0.1, 0.15) is 51.2 Å². The number of piperidine rings is 1. The van der Waals surface area contributed by atoms with Crippen molar-refractivity contribution in [2.45, 2.75) is 59.1 Å². The number of benzene rings is 2. The molecule has 6 heteroatoms. The molecular formula is C25H32F2N2O2. The van der Waals surface area contributed by atoms with Gasteiger partial charge in [-0.15, -0.1) is 0 Å². The number of halogens is 2. The molecule has 2 aromatic carbocycles. The van der Waals surface area contributed by atoms with Gasteiger partial charge in [0.05, 0.1) is 5.41 Å². The van der Waals surface area contributed by atoms with Crippen molar-refractivity contribution in [1.82, 2.24) is 4.90 Å². The van der Waals surface area contributed by atoms with Crippen LogP contribution in [0.15, 0.2) is 48.5 Å². The second-order valence-corrected chi connectivity index (χ2v) is 8.43. The van der Waals surface area contributed by atoms with Gasteiger partial charge in [0.15, 0.2) is 0 Å². The molecule has 2 aromatic rings. The molecule has 0 atom stereocenters. The fourth-order valence-electron chi connectivity index (χ4n) is 4.14. The lowest BCUT2D eigenvalue weighted by molar-refractivity contribution is -0.159. The number of hydrogen-bond acceptors (Lipinski definition) is 3. The first-order valence-electron chi connectivity index (χ1n) is 11.0. The van der Waals surface area contributed by atoms with Gasteiger partial charge in [0.25, 0.3) is 0 Å². The molecule has 1 N–H and O–H groups in total. The van der Waals surface area contributed by atoms with Gasteiger partial charge in [-0.25, -0.2) is 0 Å². The van der Waals surface area contributed by atoms with Crippen molar-refractivity contribution in [3.63, 3.8) is 0 Å². The summed E-state index contributed by atoms with van der Waals surface area (Å²) < 4.78 is 31.5. The second-order valence-electron chi connectivity index (χ2n) is 8.43. The molecule has 1 heterocycles. The molecule has 1 fully saturated rings. The van der Waals surface area contributed by atoms with Crippen LogP contribution in [0.5, 0.6) is 5.75 Å². The second kappa shape index (κ2) is 9.77. The maximum atomic E-state index is 13.3. The minimum absolute atomic E-state index is 0.0632. The summed E-state index contributed by atoms with van der Waals surface area (Å²) in [4.78, 5) is 15.3. The molecular weight excluding hydrogens is 398 g/mol. The number of likely N-dealkylation sites (tertiary alicyclic amines) is 1. The highest BCUT2D eigenvalue weighted by atomic mass is 19.3. The third kappa shape index (κ3) is 6.03. The predicted molar refractivity (Wildman–Crippen MR) is 119 cm³/mol. The normalized spacial score (nSPS) is 16.7. The van der Waals surface area contributed by atoms with Gasteiger partial charge in [-0.3, -0.25) is 9.69 Å². The molecule has 0 saturated carbocycles. The molecule has 168 valence electrons. The van der Waals surface area contributed by atoms with Crippen molar-refractivity contribution in [2.24, 2.45) is 5.41 Å². The van der Waals surface area contributed by atoms with E-state index in [-0.39, 0.29) is 11.7 Å². The number of carbonyl (C=O) groups is 1. The number of para-hydroxylation sites is 1. The van der Waals surface area contributed by atoms with E-state index in [0.717, 1.165) is 56.9 Å². The van der Waals surface area contributed by atoms with Crippen LogP contribution >= 0.6 is 0 Å². The van der Waals surface area contributed by atoms with Crippen molar-refractivity contribution in [2.75, 3.05) is 18.4 Å². The quantitative estimate of drug-likeness (QED) is 0.569. The highest BCUT2D eigenvalue weighted by Crippen LogP contribution is 2.37. The van der Waals surface area contributed by atoms with Crippen molar-refractivity contribution >= 4 is 11.6 Å². The first kappa shape index (κ1) is 23.2. The lowest BCUT2D eigenvalue weighted by atomic mass is 9.75. The van der Waals surface area contributed by atoms with E-state index in [0.29, 0.717) is 6.54 Å². The predicted octanol–water partition coefficient (Wildman–Crippen LogP) is 5.87. The highest BCUT2D eigenvalue weighted by Gasteiger charge is 2.40. The Bertz CT molecular complexity index is 870. The molecule has 0 unspecified atom stereocenters. The van der Waals surface area contributed by atoms with Gasteiger partial charge in [0.2, 0.25) is 5.91 Å². The van der Waals surface area contributed by atoms with Gasteiger partial charge in [-0.05, 0) is 62.5 Å². The fraction of sp³-hybridized carbons (Fsp3) is 0.480. The van der Waals surface area contributed by atoms with Crippen LogP contribution in [0.2, 0.25) is 0 Å². The molecule has 1 amide bonds. The summed E-state index contributed by atoms with van der Waals surface area (Å²) >= 11 is 0. The van der Waals surface area contributed by atoms with E-state index in [4.69, 9.17) is 4.74 Å². The number of hydrogen-bond donors (Lipinski definition) is 1. The third-order valence-electron chi connectivity index (χ3n) is 6.25. The average Bonchev–Trinajstić information content (AvgIpc) is 2.75. The zero-order valence-electron chi connectivity index (χ0n) is 18.6. The number of carbonyl (C=O) groups excluding carboxylic acids is 1. The summed E-state index contributed by atoms with van der Waals surface area (Å²) in [5.41, 5.74) is 2.38. The standard InChI is InChI=1S/C25H32F2N2O2/c1-4-19-10-12-21(13-11-19)28-23(30)25(5-2)14-16-29(17-15-25)18-20-8-6-7-9-22(20)31-24(3,26)27/h6-13H,4-5,14-18H2,1-3H3,(H,28,30). The number of aryl methyl sites for hydroxylation is 1. The number of amides is 1. The molecule has 0 aromatic heterocycles. The van der Waals surface area contributed by atoms with E-state index in [1.807, 2.05) is 36.4 Å². The van der Waals surface area contributed by atoms with E-state index >= 15 is 0 Å². The van der Waals surface area contributed by atoms with Gasteiger partial charge < -0.3 is 10.1 Å². The summed E-state index contributed by atoms with van der Waals surface area (Å²) in [5, 5.41) is 3.09. The average molecular weight is 431 g/mol. The SMILES string of the molecule is CCc1ccc(NC(=O)C2(CC)CCN(Cc3ccccc3OC(C)(F)F)CC2)cc1. The number of anilines is 1. The molecule has 0 spiro atoms. The smallest absolute Gasteiger partial charge is 0.394 e. The molecule has 0 aliphatic carbocycles. The zero-order valence-corrected chi connectivity index (χ0v) is 18.6. The largest absolute Gasteiger partial charge is 0.432 e. The Morgan fingerprint density at radius 3 is 2.32 bits per heavy atom. The first-order chi connectivity index (χ1) is 14.7. The first-order valence-corrected chi connectivity index (χ1v) is 11.0. The van der Waals surface area contributed by atoms with Crippen molar-refractivity contribution in [3.05, 3.63) is 59.7 Å². The van der Waals surface area contributed by atoms with Gasteiger partial charge in [-0.2, -0.15) is 8.78 Å². The van der Waals surface area contributed by atoms with E-state index < -0.39 is 11.5 Å². The van der Waals surface area contributed by atoms with Gasteiger partial charge in [-0.1, -0.05) is 44.2 Å². The van der Waals surface area contributed by atoms with Crippen molar-refractivity contribution in [1.29, 1.82) is 0 Å². The van der Waals surface area contributed by atoms with E-state index in [9.17, 15) is 13.6 Å². The molecule has 1 aliphatic heterocycles. The van der Waals surface area contributed by atoms with Crippen LogP contribution in [0.3, 0.4) is 0 Å². The van der Waals surface area contributed by atoms with Crippen LogP contribution in [0.25, 0.3) is 0 Å². The summed E-state index contributed by atoms with van der Waals surface area (Å²) in [6.07, 6.45) is -0.0258. The highest BCUT2D eigenvalue weighted by molar-refractivity contribution is 5.95. The summed E-state index contributed by atoms with van der Waals surface area (Å²) in [7, 11) is 0. The molecule has 4 nitrogen and oxygen atoms in total. The van der Waals surface area contributed by atoms with Gasteiger partial charge >= 0.3 is 6.11 Å². The van der Waals surface area contributed by atoms with E-state index in [2.05, 4.69) is 24.1 Å². The van der Waals surface area contributed by atoms with Gasteiger partial charge in [0, 0.05) is 24.7 Å². The van der Waals surface area contributed by atoms with E-state index in [1.54, 1.807) is 12.1 Å². The number of ether oxygens (including phenoxy) is 1. The van der Waals surface area contributed by atoms with Crippen LogP contribution in [0, 0.1) is 5.41 Å². The molecule has 1 aliphatic rings. The Balaban J connectivity index is 1.62. The number of nitrogens with zero attached hydrogens (tertiary/aromatic N) is 1. The van der Waals surface area contributed by atoms with Crippen LogP contribution < -0.4 is 10.1 Å². The molecule has 31 heavy (non-hydrogen) atoms.